The van der Waals surface area contributed by atoms with E-state index in [9.17, 15) is 0 Å². The average Bonchev–Trinajstić information content (AvgIpc) is 1.90. The quantitative estimate of drug-likeness (QED) is 0.571. The monoisotopic (exact) mass is 129 g/mol. The van der Waals surface area contributed by atoms with E-state index in [0.29, 0.717) is 6.10 Å². The van der Waals surface area contributed by atoms with Gasteiger partial charge in [0.1, 0.15) is 0 Å². The van der Waals surface area contributed by atoms with Gasteiger partial charge in [0.2, 0.25) is 0 Å². The fourth-order valence-corrected chi connectivity index (χ4v) is 1.18. The second kappa shape index (κ2) is 3.18. The molecule has 0 radical (unpaired) electrons. The predicted molar refractivity (Wildman–Crippen MR) is 37.2 cm³/mol. The van der Waals surface area contributed by atoms with Gasteiger partial charge in [-0.25, -0.2) is 0 Å². The van der Waals surface area contributed by atoms with Crippen molar-refractivity contribution in [3.63, 3.8) is 0 Å². The van der Waals surface area contributed by atoms with Gasteiger partial charge < -0.3 is 10.5 Å². The van der Waals surface area contributed by atoms with Crippen molar-refractivity contribution in [1.29, 1.82) is 0 Å². The van der Waals surface area contributed by atoms with E-state index in [1.54, 1.807) is 0 Å². The van der Waals surface area contributed by atoms with Crippen molar-refractivity contribution in [3.05, 3.63) is 0 Å². The Morgan fingerprint density at radius 2 is 2.33 bits per heavy atom. The van der Waals surface area contributed by atoms with E-state index < -0.39 is 0 Å². The lowest BCUT2D eigenvalue weighted by atomic mass is 10.0. The van der Waals surface area contributed by atoms with E-state index in [4.69, 9.17) is 10.5 Å². The van der Waals surface area contributed by atoms with Gasteiger partial charge in [0.05, 0.1) is 6.10 Å². The molecule has 0 spiro atoms. The molecule has 1 saturated heterocycles. The first-order valence-electron chi connectivity index (χ1n) is 3.68. The lowest BCUT2D eigenvalue weighted by molar-refractivity contribution is 0.00403. The minimum atomic E-state index is 0.213. The summed E-state index contributed by atoms with van der Waals surface area (Å²) in [7, 11) is 0. The molecule has 1 rings (SSSR count). The van der Waals surface area contributed by atoms with Crippen molar-refractivity contribution >= 4 is 0 Å². The lowest BCUT2D eigenvalue weighted by Gasteiger charge is -2.25. The van der Waals surface area contributed by atoms with Gasteiger partial charge in [0.15, 0.2) is 0 Å². The Hall–Kier alpha value is -0.0800. The average molecular weight is 129 g/mol. The summed E-state index contributed by atoms with van der Waals surface area (Å²) in [5.74, 6) is 0. The number of ether oxygens (including phenoxy) is 1. The number of rotatable bonds is 1. The van der Waals surface area contributed by atoms with Gasteiger partial charge in [-0.15, -0.1) is 0 Å². The van der Waals surface area contributed by atoms with Crippen LogP contribution in [0.15, 0.2) is 0 Å². The van der Waals surface area contributed by atoms with E-state index in [1.807, 2.05) is 6.92 Å². The SMILES string of the molecule is C[C@H](N)C1CCCCO1. The molecule has 54 valence electrons. The Kier molecular flexibility index (Phi) is 2.49. The van der Waals surface area contributed by atoms with Gasteiger partial charge in [-0.05, 0) is 26.2 Å². The highest BCUT2D eigenvalue weighted by Crippen LogP contribution is 2.13. The maximum atomic E-state index is 5.64. The molecule has 1 unspecified atom stereocenters. The van der Waals surface area contributed by atoms with E-state index >= 15 is 0 Å². The lowest BCUT2D eigenvalue weighted by Crippen LogP contribution is -2.36. The molecule has 0 aliphatic carbocycles. The van der Waals surface area contributed by atoms with Gasteiger partial charge in [-0.3, -0.25) is 0 Å². The summed E-state index contributed by atoms with van der Waals surface area (Å²) in [4.78, 5) is 0. The van der Waals surface area contributed by atoms with Crippen molar-refractivity contribution < 1.29 is 4.74 Å². The number of hydrogen-bond donors (Lipinski definition) is 1. The fourth-order valence-electron chi connectivity index (χ4n) is 1.18. The summed E-state index contributed by atoms with van der Waals surface area (Å²) in [6.07, 6.45) is 3.98. The van der Waals surface area contributed by atoms with Crippen LogP contribution in [0.5, 0.6) is 0 Å². The van der Waals surface area contributed by atoms with Gasteiger partial charge in [-0.1, -0.05) is 0 Å². The minimum Gasteiger partial charge on any atom is -0.377 e. The van der Waals surface area contributed by atoms with Crippen LogP contribution >= 0.6 is 0 Å². The zero-order chi connectivity index (χ0) is 6.69. The Bertz CT molecular complexity index is 77.0. The molecule has 2 heteroatoms. The minimum absolute atomic E-state index is 0.213. The van der Waals surface area contributed by atoms with Crippen LogP contribution in [0.4, 0.5) is 0 Å². The fraction of sp³-hybridized carbons (Fsp3) is 1.00. The van der Waals surface area contributed by atoms with E-state index in [0.717, 1.165) is 13.0 Å². The van der Waals surface area contributed by atoms with Crippen molar-refractivity contribution in [1.82, 2.24) is 0 Å². The van der Waals surface area contributed by atoms with E-state index in [-0.39, 0.29) is 6.04 Å². The number of hydrogen-bond acceptors (Lipinski definition) is 2. The molecular formula is C7H15NO. The van der Waals surface area contributed by atoms with Crippen LogP contribution in [-0.4, -0.2) is 18.8 Å². The first-order valence-corrected chi connectivity index (χ1v) is 3.68. The second-order valence-corrected chi connectivity index (χ2v) is 2.76. The van der Waals surface area contributed by atoms with Crippen LogP contribution in [0.1, 0.15) is 26.2 Å². The van der Waals surface area contributed by atoms with Gasteiger partial charge >= 0.3 is 0 Å². The van der Waals surface area contributed by atoms with Crippen LogP contribution in [0.2, 0.25) is 0 Å². The second-order valence-electron chi connectivity index (χ2n) is 2.76. The predicted octanol–water partition coefficient (Wildman–Crippen LogP) is 0.903. The Balaban J connectivity index is 2.23. The van der Waals surface area contributed by atoms with Crippen LogP contribution in [0.3, 0.4) is 0 Å². The molecule has 9 heavy (non-hydrogen) atoms. The third kappa shape index (κ3) is 1.95. The summed E-state index contributed by atoms with van der Waals surface area (Å²) in [6.45, 7) is 2.92. The van der Waals surface area contributed by atoms with Crippen LogP contribution < -0.4 is 5.73 Å². The summed E-state index contributed by atoms with van der Waals surface area (Å²) in [5.41, 5.74) is 5.64. The van der Waals surface area contributed by atoms with Gasteiger partial charge in [0, 0.05) is 12.6 Å². The zero-order valence-corrected chi connectivity index (χ0v) is 5.97. The Labute approximate surface area is 56.4 Å². The third-order valence-corrected chi connectivity index (χ3v) is 1.80. The summed E-state index contributed by atoms with van der Waals surface area (Å²) in [6, 6.07) is 0.213. The molecule has 1 aliphatic heterocycles. The molecule has 1 aliphatic rings. The first-order chi connectivity index (χ1) is 4.30. The van der Waals surface area contributed by atoms with Crippen molar-refractivity contribution in [2.45, 2.75) is 38.3 Å². The van der Waals surface area contributed by atoms with Crippen LogP contribution in [0.25, 0.3) is 0 Å². The van der Waals surface area contributed by atoms with Gasteiger partial charge in [-0.2, -0.15) is 0 Å². The molecule has 1 heterocycles. The summed E-state index contributed by atoms with van der Waals surface area (Å²) >= 11 is 0. The van der Waals surface area contributed by atoms with Crippen LogP contribution in [0, 0.1) is 0 Å². The Morgan fingerprint density at radius 1 is 1.56 bits per heavy atom. The molecule has 2 N–H and O–H groups in total. The van der Waals surface area contributed by atoms with Crippen LogP contribution in [-0.2, 0) is 4.74 Å². The van der Waals surface area contributed by atoms with Crippen molar-refractivity contribution in [2.75, 3.05) is 6.61 Å². The topological polar surface area (TPSA) is 35.2 Å². The molecule has 2 nitrogen and oxygen atoms in total. The molecule has 0 bridgehead atoms. The van der Waals surface area contributed by atoms with E-state index in [1.165, 1.54) is 12.8 Å². The highest BCUT2D eigenvalue weighted by atomic mass is 16.5. The molecule has 2 atom stereocenters. The molecule has 0 aromatic rings. The standard InChI is InChI=1S/C7H15NO/c1-6(8)7-4-2-3-5-9-7/h6-7H,2-5,8H2,1H3/t6-,7?/m0/s1. The van der Waals surface area contributed by atoms with Crippen molar-refractivity contribution in [2.24, 2.45) is 5.73 Å². The third-order valence-electron chi connectivity index (χ3n) is 1.80. The highest BCUT2D eigenvalue weighted by Gasteiger charge is 2.16. The molecule has 0 aromatic heterocycles. The maximum Gasteiger partial charge on any atom is 0.0723 e. The zero-order valence-electron chi connectivity index (χ0n) is 5.97. The van der Waals surface area contributed by atoms with Gasteiger partial charge in [0.25, 0.3) is 0 Å². The Morgan fingerprint density at radius 3 is 2.67 bits per heavy atom. The molecule has 0 saturated carbocycles. The summed E-state index contributed by atoms with van der Waals surface area (Å²) in [5, 5.41) is 0. The molecule has 0 amide bonds. The van der Waals surface area contributed by atoms with Crippen molar-refractivity contribution in [3.8, 4) is 0 Å². The molecule has 0 aromatic carbocycles. The van der Waals surface area contributed by atoms with E-state index in [2.05, 4.69) is 0 Å². The first kappa shape index (κ1) is 7.03. The normalized spacial score (nSPS) is 32.0. The molecule has 1 fully saturated rings. The number of nitrogens with two attached hydrogens (primary N) is 1. The summed E-state index contributed by atoms with van der Waals surface area (Å²) < 4.78 is 5.41. The largest absolute Gasteiger partial charge is 0.377 e. The molecular weight excluding hydrogens is 114 g/mol. The maximum absolute atomic E-state index is 5.64. The smallest absolute Gasteiger partial charge is 0.0723 e. The highest BCUT2D eigenvalue weighted by molar-refractivity contribution is 4.71.